The number of carbonyl (C=O) groups excluding carboxylic acids is 1. The Kier molecular flexibility index (Phi) is 4.61. The van der Waals surface area contributed by atoms with Gasteiger partial charge in [0, 0.05) is 23.4 Å². The molecule has 0 unspecified atom stereocenters. The lowest BCUT2D eigenvalue weighted by molar-refractivity contribution is -0.119. The molecule has 19 heavy (non-hydrogen) atoms. The molecule has 3 heteroatoms. The Balaban J connectivity index is 1.99. The third kappa shape index (κ3) is 3.60. The fourth-order valence-corrected chi connectivity index (χ4v) is 2.30. The number of benzene rings is 1. The summed E-state index contributed by atoms with van der Waals surface area (Å²) in [5.74, 6) is 1.31. The zero-order valence-electron chi connectivity index (χ0n) is 11.6. The van der Waals surface area contributed by atoms with Gasteiger partial charge in [-0.15, -0.1) is 0 Å². The van der Waals surface area contributed by atoms with Crippen LogP contribution in [-0.2, 0) is 4.79 Å². The second-order valence-electron chi connectivity index (χ2n) is 4.93. The predicted molar refractivity (Wildman–Crippen MR) is 77.3 cm³/mol. The summed E-state index contributed by atoms with van der Waals surface area (Å²) in [6, 6.07) is 7.77. The van der Waals surface area contributed by atoms with Gasteiger partial charge in [0.15, 0.2) is 5.78 Å². The number of rotatable bonds is 4. The Labute approximate surface area is 114 Å². The molecule has 0 aliphatic heterocycles. The minimum absolute atomic E-state index is 0.169. The molecule has 1 aliphatic rings. The van der Waals surface area contributed by atoms with Crippen LogP contribution in [-0.4, -0.2) is 12.4 Å². The largest absolute Gasteiger partial charge is 0.494 e. The van der Waals surface area contributed by atoms with E-state index in [0.29, 0.717) is 6.61 Å². The summed E-state index contributed by atoms with van der Waals surface area (Å²) in [5, 5.41) is 3.20. The van der Waals surface area contributed by atoms with Crippen molar-refractivity contribution in [2.24, 2.45) is 5.92 Å². The SMILES string of the molecule is CCOc1ccc(N/C=C2/CCC[C@H](C)C2=O)cc1. The van der Waals surface area contributed by atoms with Crippen LogP contribution in [0.3, 0.4) is 0 Å². The van der Waals surface area contributed by atoms with E-state index in [1.165, 1.54) is 0 Å². The molecular formula is C16H21NO2. The van der Waals surface area contributed by atoms with Crippen molar-refractivity contribution in [1.82, 2.24) is 0 Å². The van der Waals surface area contributed by atoms with Gasteiger partial charge in [-0.2, -0.15) is 0 Å². The van der Waals surface area contributed by atoms with E-state index >= 15 is 0 Å². The fourth-order valence-electron chi connectivity index (χ4n) is 2.30. The first-order valence-corrected chi connectivity index (χ1v) is 6.93. The van der Waals surface area contributed by atoms with Crippen LogP contribution in [0, 0.1) is 5.92 Å². The van der Waals surface area contributed by atoms with E-state index in [0.717, 1.165) is 36.3 Å². The van der Waals surface area contributed by atoms with Crippen molar-refractivity contribution in [3.05, 3.63) is 36.0 Å². The van der Waals surface area contributed by atoms with Crippen molar-refractivity contribution in [3.63, 3.8) is 0 Å². The van der Waals surface area contributed by atoms with Crippen molar-refractivity contribution >= 4 is 11.5 Å². The molecule has 0 spiro atoms. The monoisotopic (exact) mass is 259 g/mol. The quantitative estimate of drug-likeness (QED) is 0.836. The lowest BCUT2D eigenvalue weighted by Gasteiger charge is -2.19. The average molecular weight is 259 g/mol. The Hall–Kier alpha value is -1.77. The molecule has 1 fully saturated rings. The molecule has 1 saturated carbocycles. The third-order valence-corrected chi connectivity index (χ3v) is 3.43. The van der Waals surface area contributed by atoms with Gasteiger partial charge < -0.3 is 10.1 Å². The van der Waals surface area contributed by atoms with Gasteiger partial charge in [0.25, 0.3) is 0 Å². The van der Waals surface area contributed by atoms with Crippen LogP contribution in [0.5, 0.6) is 5.75 Å². The topological polar surface area (TPSA) is 38.3 Å². The summed E-state index contributed by atoms with van der Waals surface area (Å²) < 4.78 is 5.39. The summed E-state index contributed by atoms with van der Waals surface area (Å²) in [6.45, 7) is 4.64. The second-order valence-corrected chi connectivity index (χ2v) is 4.93. The summed E-state index contributed by atoms with van der Waals surface area (Å²) in [5.41, 5.74) is 1.88. The van der Waals surface area contributed by atoms with Crippen LogP contribution in [0.4, 0.5) is 5.69 Å². The fraction of sp³-hybridized carbons (Fsp3) is 0.438. The second kappa shape index (κ2) is 6.41. The Morgan fingerprint density at radius 3 is 2.79 bits per heavy atom. The molecule has 0 saturated heterocycles. The van der Waals surface area contributed by atoms with Crippen molar-refractivity contribution < 1.29 is 9.53 Å². The number of ketones is 1. The van der Waals surface area contributed by atoms with Gasteiger partial charge in [0.1, 0.15) is 5.75 Å². The van der Waals surface area contributed by atoms with Crippen molar-refractivity contribution in [2.45, 2.75) is 33.1 Å². The molecule has 1 N–H and O–H groups in total. The Morgan fingerprint density at radius 2 is 2.11 bits per heavy atom. The molecule has 102 valence electrons. The number of ether oxygens (including phenoxy) is 1. The third-order valence-electron chi connectivity index (χ3n) is 3.43. The maximum absolute atomic E-state index is 12.0. The molecule has 1 aromatic rings. The first-order chi connectivity index (χ1) is 9.20. The Bertz CT molecular complexity index is 462. The van der Waals surface area contributed by atoms with Crippen LogP contribution in [0.1, 0.15) is 33.1 Å². The van der Waals surface area contributed by atoms with Crippen LogP contribution in [0.25, 0.3) is 0 Å². The van der Waals surface area contributed by atoms with Crippen LogP contribution >= 0.6 is 0 Å². The number of Topliss-reactive ketones (excluding diaryl/α,β-unsaturated/α-hetero) is 1. The molecule has 0 amide bonds. The standard InChI is InChI=1S/C16H21NO2/c1-3-19-15-9-7-14(8-10-15)17-11-13-6-4-5-12(2)16(13)18/h7-12,17H,3-6H2,1-2H3/b13-11-/t12-/m0/s1. The zero-order chi connectivity index (χ0) is 13.7. The van der Waals surface area contributed by atoms with Crippen molar-refractivity contribution in [2.75, 3.05) is 11.9 Å². The normalized spacial score (nSPS) is 21.5. The maximum Gasteiger partial charge on any atom is 0.163 e. The number of nitrogens with one attached hydrogen (secondary N) is 1. The highest BCUT2D eigenvalue weighted by Gasteiger charge is 2.22. The zero-order valence-corrected chi connectivity index (χ0v) is 11.6. The molecule has 0 bridgehead atoms. The van der Waals surface area contributed by atoms with E-state index in [1.807, 2.05) is 44.3 Å². The van der Waals surface area contributed by atoms with E-state index in [1.54, 1.807) is 0 Å². The van der Waals surface area contributed by atoms with Gasteiger partial charge in [0.2, 0.25) is 0 Å². The van der Waals surface area contributed by atoms with Gasteiger partial charge in [-0.05, 0) is 50.5 Å². The average Bonchev–Trinajstić information content (AvgIpc) is 2.42. The van der Waals surface area contributed by atoms with Gasteiger partial charge in [-0.25, -0.2) is 0 Å². The summed E-state index contributed by atoms with van der Waals surface area (Å²) in [6.07, 6.45) is 4.85. The number of hydrogen-bond donors (Lipinski definition) is 1. The van der Waals surface area contributed by atoms with E-state index in [2.05, 4.69) is 5.32 Å². The summed E-state index contributed by atoms with van der Waals surface area (Å²) in [4.78, 5) is 12.0. The van der Waals surface area contributed by atoms with E-state index in [9.17, 15) is 4.79 Å². The summed E-state index contributed by atoms with van der Waals surface area (Å²) in [7, 11) is 0. The molecule has 1 atom stereocenters. The molecule has 3 nitrogen and oxygen atoms in total. The van der Waals surface area contributed by atoms with Crippen LogP contribution in [0.15, 0.2) is 36.0 Å². The highest BCUT2D eigenvalue weighted by Crippen LogP contribution is 2.25. The smallest absolute Gasteiger partial charge is 0.163 e. The molecular weight excluding hydrogens is 238 g/mol. The van der Waals surface area contributed by atoms with Gasteiger partial charge >= 0.3 is 0 Å². The lowest BCUT2D eigenvalue weighted by atomic mass is 9.86. The first-order valence-electron chi connectivity index (χ1n) is 6.93. The number of hydrogen-bond acceptors (Lipinski definition) is 3. The van der Waals surface area contributed by atoms with Crippen molar-refractivity contribution in [3.8, 4) is 5.75 Å². The highest BCUT2D eigenvalue weighted by atomic mass is 16.5. The van der Waals surface area contributed by atoms with Crippen LogP contribution < -0.4 is 10.1 Å². The number of carbonyl (C=O) groups is 1. The maximum atomic E-state index is 12.0. The number of anilines is 1. The molecule has 0 aromatic heterocycles. The minimum Gasteiger partial charge on any atom is -0.494 e. The summed E-state index contributed by atoms with van der Waals surface area (Å²) >= 11 is 0. The van der Waals surface area contributed by atoms with Gasteiger partial charge in [-0.1, -0.05) is 6.92 Å². The molecule has 0 radical (unpaired) electrons. The predicted octanol–water partition coefficient (Wildman–Crippen LogP) is 3.77. The van der Waals surface area contributed by atoms with Crippen LogP contribution in [0.2, 0.25) is 0 Å². The van der Waals surface area contributed by atoms with E-state index in [4.69, 9.17) is 4.74 Å². The first kappa shape index (κ1) is 13.7. The van der Waals surface area contributed by atoms with E-state index in [-0.39, 0.29) is 11.7 Å². The van der Waals surface area contributed by atoms with Gasteiger partial charge in [0.05, 0.1) is 6.61 Å². The molecule has 0 heterocycles. The molecule has 1 aliphatic carbocycles. The molecule has 1 aromatic carbocycles. The van der Waals surface area contributed by atoms with Gasteiger partial charge in [-0.3, -0.25) is 4.79 Å². The minimum atomic E-state index is 0.169. The van der Waals surface area contributed by atoms with Crippen molar-refractivity contribution in [1.29, 1.82) is 0 Å². The molecule has 2 rings (SSSR count). The highest BCUT2D eigenvalue weighted by molar-refractivity contribution is 5.97. The van der Waals surface area contributed by atoms with E-state index < -0.39 is 0 Å². The Morgan fingerprint density at radius 1 is 1.37 bits per heavy atom. The number of allylic oxidation sites excluding steroid dienone is 1. The lowest BCUT2D eigenvalue weighted by Crippen LogP contribution is -2.19.